The van der Waals surface area contributed by atoms with Crippen molar-refractivity contribution < 1.29 is 14.7 Å². The first-order valence-electron chi connectivity index (χ1n) is 5.41. The van der Waals surface area contributed by atoms with Gasteiger partial charge in [0.1, 0.15) is 0 Å². The van der Waals surface area contributed by atoms with Crippen molar-refractivity contribution in [1.82, 2.24) is 5.32 Å². The minimum absolute atomic E-state index is 0.108. The van der Waals surface area contributed by atoms with Crippen molar-refractivity contribution >= 4 is 11.9 Å². The van der Waals surface area contributed by atoms with Gasteiger partial charge in [-0.2, -0.15) is 0 Å². The third-order valence-corrected chi connectivity index (χ3v) is 3.05. The van der Waals surface area contributed by atoms with Crippen LogP contribution in [0.15, 0.2) is 0 Å². The predicted molar refractivity (Wildman–Crippen MR) is 61.9 cm³/mol. The van der Waals surface area contributed by atoms with E-state index in [0.29, 0.717) is 6.42 Å². The molecule has 0 aromatic heterocycles. The molecule has 0 saturated heterocycles. The summed E-state index contributed by atoms with van der Waals surface area (Å²) in [5.41, 5.74) is 3.96. The molecule has 0 aromatic carbocycles. The van der Waals surface area contributed by atoms with E-state index in [1.807, 2.05) is 6.92 Å². The largest absolute Gasteiger partial charge is 0.481 e. The van der Waals surface area contributed by atoms with E-state index in [1.54, 1.807) is 20.8 Å². The van der Waals surface area contributed by atoms with Gasteiger partial charge in [0.25, 0.3) is 0 Å². The quantitative estimate of drug-likeness (QED) is 0.622. The molecule has 4 N–H and O–H groups in total. The summed E-state index contributed by atoms with van der Waals surface area (Å²) >= 11 is 0. The van der Waals surface area contributed by atoms with Crippen LogP contribution in [-0.2, 0) is 9.59 Å². The van der Waals surface area contributed by atoms with Crippen LogP contribution in [0.1, 0.15) is 34.1 Å². The first kappa shape index (κ1) is 14.9. The molecule has 1 unspecified atom stereocenters. The first-order chi connectivity index (χ1) is 7.19. The molecule has 5 heteroatoms. The molecule has 0 saturated carbocycles. The molecular weight excluding hydrogens is 208 g/mol. The Morgan fingerprint density at radius 1 is 1.31 bits per heavy atom. The van der Waals surface area contributed by atoms with Gasteiger partial charge in [-0.25, -0.2) is 0 Å². The van der Waals surface area contributed by atoms with E-state index in [1.165, 1.54) is 0 Å². The van der Waals surface area contributed by atoms with Crippen LogP contribution in [0.25, 0.3) is 0 Å². The van der Waals surface area contributed by atoms with Crippen molar-refractivity contribution in [2.24, 2.45) is 16.6 Å². The van der Waals surface area contributed by atoms with E-state index in [0.717, 1.165) is 0 Å². The van der Waals surface area contributed by atoms with Crippen molar-refractivity contribution in [1.29, 1.82) is 0 Å². The van der Waals surface area contributed by atoms with E-state index < -0.39 is 16.8 Å². The van der Waals surface area contributed by atoms with Gasteiger partial charge < -0.3 is 16.2 Å². The lowest BCUT2D eigenvalue weighted by atomic mass is 9.86. The molecule has 0 rings (SSSR count). The van der Waals surface area contributed by atoms with Gasteiger partial charge in [-0.05, 0) is 27.2 Å². The number of carbonyl (C=O) groups excluding carboxylic acids is 1. The fourth-order valence-corrected chi connectivity index (χ4v) is 0.988. The number of hydrogen-bond donors (Lipinski definition) is 3. The molecule has 0 aliphatic rings. The number of amides is 1. The maximum absolute atomic E-state index is 11.8. The average molecular weight is 230 g/mol. The van der Waals surface area contributed by atoms with Crippen molar-refractivity contribution in [2.75, 3.05) is 13.1 Å². The SMILES string of the molecule is CCC(C)(CN)C(=O)NCC(C)(C)C(=O)O. The molecule has 0 radical (unpaired) electrons. The molecule has 1 atom stereocenters. The van der Waals surface area contributed by atoms with Gasteiger partial charge in [-0.3, -0.25) is 9.59 Å². The molecule has 94 valence electrons. The molecule has 0 bridgehead atoms. The fourth-order valence-electron chi connectivity index (χ4n) is 0.988. The summed E-state index contributed by atoms with van der Waals surface area (Å²) in [5.74, 6) is -1.12. The Hall–Kier alpha value is -1.10. The van der Waals surface area contributed by atoms with E-state index >= 15 is 0 Å². The summed E-state index contributed by atoms with van der Waals surface area (Å²) in [4.78, 5) is 22.7. The standard InChI is InChI=1S/C11H22N2O3/c1-5-11(4,6-12)8(14)13-7-10(2,3)9(15)16/h5-7,12H2,1-4H3,(H,13,14)(H,15,16). The number of carboxylic acids is 1. The number of aliphatic carboxylic acids is 1. The number of nitrogens with one attached hydrogen (secondary N) is 1. The highest BCUT2D eigenvalue weighted by atomic mass is 16.4. The van der Waals surface area contributed by atoms with Crippen molar-refractivity contribution in [2.45, 2.75) is 34.1 Å². The number of carboxylic acid groups (broad SMARTS) is 1. The Kier molecular flexibility index (Phi) is 4.93. The highest BCUT2D eigenvalue weighted by Gasteiger charge is 2.33. The van der Waals surface area contributed by atoms with Crippen LogP contribution in [0.5, 0.6) is 0 Å². The minimum atomic E-state index is -0.959. The second kappa shape index (κ2) is 5.30. The van der Waals surface area contributed by atoms with Crippen molar-refractivity contribution in [3.05, 3.63) is 0 Å². The Bertz CT molecular complexity index is 270. The molecule has 16 heavy (non-hydrogen) atoms. The Morgan fingerprint density at radius 3 is 2.12 bits per heavy atom. The lowest BCUT2D eigenvalue weighted by Crippen LogP contribution is -2.47. The van der Waals surface area contributed by atoms with Gasteiger partial charge in [0.2, 0.25) is 5.91 Å². The summed E-state index contributed by atoms with van der Waals surface area (Å²) < 4.78 is 0. The number of rotatable bonds is 6. The summed E-state index contributed by atoms with van der Waals surface area (Å²) in [6.07, 6.45) is 0.628. The first-order valence-corrected chi connectivity index (χ1v) is 5.41. The second-order valence-corrected chi connectivity index (χ2v) is 4.99. The van der Waals surface area contributed by atoms with E-state index in [2.05, 4.69) is 5.32 Å². The molecule has 0 aliphatic carbocycles. The molecule has 0 aromatic rings. The van der Waals surface area contributed by atoms with Gasteiger partial charge in [-0.15, -0.1) is 0 Å². The fraction of sp³-hybridized carbons (Fsp3) is 0.818. The van der Waals surface area contributed by atoms with Crippen LogP contribution in [0.2, 0.25) is 0 Å². The lowest BCUT2D eigenvalue weighted by molar-refractivity contribution is -0.147. The highest BCUT2D eigenvalue weighted by Crippen LogP contribution is 2.20. The van der Waals surface area contributed by atoms with Gasteiger partial charge >= 0.3 is 5.97 Å². The van der Waals surface area contributed by atoms with Crippen LogP contribution < -0.4 is 11.1 Å². The van der Waals surface area contributed by atoms with Gasteiger partial charge in [-0.1, -0.05) is 6.92 Å². The zero-order chi connectivity index (χ0) is 13.0. The lowest BCUT2D eigenvalue weighted by Gasteiger charge is -2.27. The average Bonchev–Trinajstić information content (AvgIpc) is 2.24. The van der Waals surface area contributed by atoms with Crippen LogP contribution in [0, 0.1) is 10.8 Å². The maximum Gasteiger partial charge on any atom is 0.310 e. The summed E-state index contributed by atoms with van der Waals surface area (Å²) in [6, 6.07) is 0. The van der Waals surface area contributed by atoms with Crippen LogP contribution in [0.3, 0.4) is 0 Å². The van der Waals surface area contributed by atoms with Crippen LogP contribution in [0.4, 0.5) is 0 Å². The zero-order valence-corrected chi connectivity index (χ0v) is 10.5. The number of carbonyl (C=O) groups is 2. The summed E-state index contributed by atoms with van der Waals surface area (Å²) in [5, 5.41) is 11.5. The van der Waals surface area contributed by atoms with Gasteiger partial charge in [0.15, 0.2) is 0 Å². The molecule has 1 amide bonds. The minimum Gasteiger partial charge on any atom is -0.481 e. The third kappa shape index (κ3) is 3.48. The van der Waals surface area contributed by atoms with Crippen molar-refractivity contribution in [3.8, 4) is 0 Å². The molecule has 0 spiro atoms. The van der Waals surface area contributed by atoms with E-state index in [4.69, 9.17) is 10.8 Å². The van der Waals surface area contributed by atoms with Crippen LogP contribution in [-0.4, -0.2) is 30.1 Å². The summed E-state index contributed by atoms with van der Waals surface area (Å²) in [7, 11) is 0. The normalized spacial score (nSPS) is 15.3. The molecule has 0 heterocycles. The second-order valence-electron chi connectivity index (χ2n) is 4.99. The molecule has 0 aliphatic heterocycles. The number of hydrogen-bond acceptors (Lipinski definition) is 3. The Labute approximate surface area is 96.4 Å². The highest BCUT2D eigenvalue weighted by molar-refractivity contribution is 5.83. The maximum atomic E-state index is 11.8. The third-order valence-electron chi connectivity index (χ3n) is 3.05. The summed E-state index contributed by atoms with van der Waals surface area (Å²) in [6.45, 7) is 7.16. The van der Waals surface area contributed by atoms with E-state index in [-0.39, 0.29) is 19.0 Å². The molecular formula is C11H22N2O3. The molecule has 0 fully saturated rings. The van der Waals surface area contributed by atoms with Gasteiger partial charge in [0.05, 0.1) is 10.8 Å². The predicted octanol–water partition coefficient (Wildman–Crippen LogP) is 0.588. The Morgan fingerprint density at radius 2 is 1.81 bits per heavy atom. The van der Waals surface area contributed by atoms with Crippen molar-refractivity contribution in [3.63, 3.8) is 0 Å². The zero-order valence-electron chi connectivity index (χ0n) is 10.5. The van der Waals surface area contributed by atoms with Gasteiger partial charge in [0, 0.05) is 13.1 Å². The van der Waals surface area contributed by atoms with Crippen LogP contribution >= 0.6 is 0 Å². The Balaban J connectivity index is 4.43. The number of nitrogens with two attached hydrogens (primary N) is 1. The smallest absolute Gasteiger partial charge is 0.310 e. The molecule has 5 nitrogen and oxygen atoms in total. The topological polar surface area (TPSA) is 92.4 Å². The van der Waals surface area contributed by atoms with E-state index in [9.17, 15) is 9.59 Å². The monoisotopic (exact) mass is 230 g/mol.